The monoisotopic (exact) mass is 540 g/mol. The summed E-state index contributed by atoms with van der Waals surface area (Å²) in [6.07, 6.45) is 0. The molecular formula is C29H24N4O7. The summed E-state index contributed by atoms with van der Waals surface area (Å²) in [5.74, 6) is -2.74. The molecule has 3 aromatic carbocycles. The Morgan fingerprint density at radius 1 is 0.975 bits per heavy atom. The topological polar surface area (TPSA) is 158 Å². The fraction of sp³-hybridized carbons (Fsp3) is 0.138. The third-order valence-corrected chi connectivity index (χ3v) is 6.18. The van der Waals surface area contributed by atoms with Gasteiger partial charge in [-0.1, -0.05) is 42.5 Å². The summed E-state index contributed by atoms with van der Waals surface area (Å²) in [4.78, 5) is 38.8. The van der Waals surface area contributed by atoms with Crippen LogP contribution in [0.5, 0.6) is 11.5 Å². The van der Waals surface area contributed by atoms with E-state index in [0.29, 0.717) is 11.3 Å². The minimum Gasteiger partial charge on any atom is -0.466 e. The molecule has 11 heteroatoms. The Bertz CT molecular complexity index is 1610. The molecule has 0 aromatic heterocycles. The SMILES string of the molecule is COC(=O)C1=C(C(=O)OC)N(c2cc(Oc3cccc(C)c3)cc([N+](=O)[O-])c2)C(N)=C(C#N)C1c1ccccc1. The molecule has 0 bridgehead atoms. The lowest BCUT2D eigenvalue weighted by Crippen LogP contribution is -2.40. The number of nitrogens with zero attached hydrogens (tertiary/aromatic N) is 3. The van der Waals surface area contributed by atoms with Gasteiger partial charge in [-0.2, -0.15) is 5.26 Å². The number of nitrogens with two attached hydrogens (primary N) is 1. The van der Waals surface area contributed by atoms with Crippen molar-refractivity contribution >= 4 is 23.3 Å². The van der Waals surface area contributed by atoms with E-state index in [-0.39, 0.29) is 39.8 Å². The van der Waals surface area contributed by atoms with E-state index in [1.165, 1.54) is 12.1 Å². The minimum atomic E-state index is -1.08. The molecule has 0 fully saturated rings. The van der Waals surface area contributed by atoms with E-state index in [2.05, 4.69) is 0 Å². The largest absolute Gasteiger partial charge is 0.466 e. The maximum atomic E-state index is 13.3. The van der Waals surface area contributed by atoms with E-state index in [1.54, 1.807) is 48.5 Å². The maximum absolute atomic E-state index is 13.3. The second-order valence-electron chi connectivity index (χ2n) is 8.70. The molecular weight excluding hydrogens is 516 g/mol. The number of nitriles is 1. The van der Waals surface area contributed by atoms with Crippen LogP contribution in [0.4, 0.5) is 11.4 Å². The van der Waals surface area contributed by atoms with Crippen molar-refractivity contribution in [2.75, 3.05) is 19.1 Å². The van der Waals surface area contributed by atoms with Gasteiger partial charge in [0.1, 0.15) is 23.0 Å². The number of nitro groups is 1. The highest BCUT2D eigenvalue weighted by Gasteiger charge is 2.43. The first kappa shape index (κ1) is 27.4. The molecule has 0 saturated carbocycles. The highest BCUT2D eigenvalue weighted by molar-refractivity contribution is 6.06. The number of aryl methyl sites for hydroxylation is 1. The number of non-ortho nitro benzene ring substituents is 1. The number of carbonyl (C=O) groups excluding carboxylic acids is 2. The third-order valence-electron chi connectivity index (χ3n) is 6.18. The highest BCUT2D eigenvalue weighted by Crippen LogP contribution is 2.44. The van der Waals surface area contributed by atoms with Crippen LogP contribution < -0.4 is 15.4 Å². The number of rotatable bonds is 7. The van der Waals surface area contributed by atoms with Crippen molar-refractivity contribution in [1.29, 1.82) is 5.26 Å². The molecule has 1 heterocycles. The van der Waals surface area contributed by atoms with Crippen molar-refractivity contribution in [2.45, 2.75) is 12.8 Å². The summed E-state index contributed by atoms with van der Waals surface area (Å²) in [6, 6.07) is 21.3. The lowest BCUT2D eigenvalue weighted by atomic mass is 9.81. The number of carbonyl (C=O) groups is 2. The molecule has 0 spiro atoms. The highest BCUT2D eigenvalue weighted by atomic mass is 16.6. The zero-order chi connectivity index (χ0) is 29.0. The molecule has 40 heavy (non-hydrogen) atoms. The first-order valence-electron chi connectivity index (χ1n) is 11.9. The standard InChI is InChI=1S/C29H24N4O7/c1-17-8-7-11-21(12-17)40-22-14-19(13-20(15-22)33(36)37)32-26(29(35)39-3)25(28(34)38-2)24(23(16-30)27(32)31)18-9-5-4-6-10-18/h4-15,24H,31H2,1-3H3. The molecule has 11 nitrogen and oxygen atoms in total. The normalized spacial score (nSPS) is 14.8. The third kappa shape index (κ3) is 5.19. The van der Waals surface area contributed by atoms with Gasteiger partial charge in [-0.3, -0.25) is 15.0 Å². The molecule has 1 unspecified atom stereocenters. The summed E-state index contributed by atoms with van der Waals surface area (Å²) < 4.78 is 15.9. The number of benzene rings is 3. The molecule has 1 aliphatic heterocycles. The summed E-state index contributed by atoms with van der Waals surface area (Å²) >= 11 is 0. The van der Waals surface area contributed by atoms with Crippen molar-refractivity contribution < 1.29 is 28.7 Å². The Hall–Kier alpha value is -5.63. The molecule has 4 rings (SSSR count). The van der Waals surface area contributed by atoms with Crippen molar-refractivity contribution in [3.8, 4) is 17.6 Å². The van der Waals surface area contributed by atoms with Crippen LogP contribution in [-0.2, 0) is 19.1 Å². The van der Waals surface area contributed by atoms with Gasteiger partial charge in [0.05, 0.1) is 54.0 Å². The van der Waals surface area contributed by atoms with Gasteiger partial charge >= 0.3 is 11.9 Å². The first-order valence-corrected chi connectivity index (χ1v) is 11.9. The van der Waals surface area contributed by atoms with Gasteiger partial charge in [0.15, 0.2) is 0 Å². The van der Waals surface area contributed by atoms with Gasteiger partial charge in [0.25, 0.3) is 5.69 Å². The summed E-state index contributed by atoms with van der Waals surface area (Å²) in [6.45, 7) is 1.86. The first-order chi connectivity index (χ1) is 19.2. The molecule has 0 radical (unpaired) electrons. The number of hydrogen-bond acceptors (Lipinski definition) is 10. The van der Waals surface area contributed by atoms with Crippen LogP contribution in [0, 0.1) is 28.4 Å². The Kier molecular flexibility index (Phi) is 7.81. The van der Waals surface area contributed by atoms with Crippen molar-refractivity contribution in [2.24, 2.45) is 5.73 Å². The molecule has 202 valence electrons. The molecule has 3 aromatic rings. The number of allylic oxidation sites excluding steroid dienone is 1. The van der Waals surface area contributed by atoms with Gasteiger partial charge in [0, 0.05) is 12.1 Å². The molecule has 0 amide bonds. The van der Waals surface area contributed by atoms with E-state index in [1.807, 2.05) is 19.1 Å². The number of nitro benzene ring substituents is 1. The van der Waals surface area contributed by atoms with Crippen LogP contribution in [0.2, 0.25) is 0 Å². The maximum Gasteiger partial charge on any atom is 0.355 e. The van der Waals surface area contributed by atoms with E-state index in [0.717, 1.165) is 30.7 Å². The van der Waals surface area contributed by atoms with Crippen LogP contribution in [0.25, 0.3) is 0 Å². The average Bonchev–Trinajstić information content (AvgIpc) is 2.95. The number of anilines is 1. The van der Waals surface area contributed by atoms with Crippen LogP contribution in [-0.4, -0.2) is 31.1 Å². The number of esters is 2. The van der Waals surface area contributed by atoms with Crippen molar-refractivity contribution in [1.82, 2.24) is 0 Å². The second-order valence-corrected chi connectivity index (χ2v) is 8.70. The summed E-state index contributed by atoms with van der Waals surface area (Å²) in [5, 5.41) is 22.1. The summed E-state index contributed by atoms with van der Waals surface area (Å²) in [5.41, 5.74) is 6.83. The molecule has 0 saturated heterocycles. The van der Waals surface area contributed by atoms with Gasteiger partial charge < -0.3 is 19.9 Å². The Balaban J connectivity index is 2.02. The van der Waals surface area contributed by atoms with E-state index in [4.69, 9.17) is 19.9 Å². The molecule has 1 aliphatic rings. The predicted octanol–water partition coefficient (Wildman–Crippen LogP) is 4.59. The van der Waals surface area contributed by atoms with Gasteiger partial charge in [-0.25, -0.2) is 9.59 Å². The second kappa shape index (κ2) is 11.4. The fourth-order valence-corrected chi connectivity index (χ4v) is 4.46. The lowest BCUT2D eigenvalue weighted by Gasteiger charge is -2.35. The van der Waals surface area contributed by atoms with E-state index in [9.17, 15) is 25.0 Å². The van der Waals surface area contributed by atoms with Crippen LogP contribution in [0.3, 0.4) is 0 Å². The minimum absolute atomic E-state index is 0.0181. The predicted molar refractivity (Wildman–Crippen MR) is 144 cm³/mol. The Morgan fingerprint density at radius 2 is 1.68 bits per heavy atom. The van der Waals surface area contributed by atoms with Crippen molar-refractivity contribution in [3.63, 3.8) is 0 Å². The Labute approximate surface area is 229 Å². The molecule has 1 atom stereocenters. The lowest BCUT2D eigenvalue weighted by molar-refractivity contribution is -0.384. The smallest absolute Gasteiger partial charge is 0.355 e. The fourth-order valence-electron chi connectivity index (χ4n) is 4.46. The van der Waals surface area contributed by atoms with Gasteiger partial charge in [-0.05, 0) is 30.2 Å². The summed E-state index contributed by atoms with van der Waals surface area (Å²) in [7, 11) is 2.24. The van der Waals surface area contributed by atoms with Crippen LogP contribution in [0.15, 0.2) is 95.5 Å². The number of hydrogen-bond donors (Lipinski definition) is 1. The van der Waals surface area contributed by atoms with Crippen LogP contribution in [0.1, 0.15) is 17.0 Å². The number of methoxy groups -OCH3 is 2. The molecule has 0 aliphatic carbocycles. The average molecular weight is 541 g/mol. The zero-order valence-electron chi connectivity index (χ0n) is 21.8. The van der Waals surface area contributed by atoms with E-state index < -0.39 is 22.8 Å². The molecule has 2 N–H and O–H groups in total. The zero-order valence-corrected chi connectivity index (χ0v) is 21.8. The van der Waals surface area contributed by atoms with Gasteiger partial charge in [-0.15, -0.1) is 0 Å². The number of ether oxygens (including phenoxy) is 3. The van der Waals surface area contributed by atoms with Crippen LogP contribution >= 0.6 is 0 Å². The van der Waals surface area contributed by atoms with E-state index >= 15 is 0 Å². The Morgan fingerprint density at radius 3 is 2.27 bits per heavy atom. The van der Waals surface area contributed by atoms with Crippen molar-refractivity contribution in [3.05, 3.63) is 117 Å². The van der Waals surface area contributed by atoms with Gasteiger partial charge in [0.2, 0.25) is 0 Å². The quantitative estimate of drug-likeness (QED) is 0.255.